The molecule has 1 aromatic rings. The molecule has 5 heteroatoms. The number of nitrogens with one attached hydrogen (secondary N) is 1. The Kier molecular flexibility index (Phi) is 4.87. The number of hydrogen-bond acceptors (Lipinski definition) is 4. The van der Waals surface area contributed by atoms with Gasteiger partial charge < -0.3 is 10.2 Å². The van der Waals surface area contributed by atoms with Crippen LogP contribution in [0, 0.1) is 16.0 Å². The van der Waals surface area contributed by atoms with Crippen LogP contribution < -0.4 is 5.32 Å². The van der Waals surface area contributed by atoms with Gasteiger partial charge in [-0.05, 0) is 44.5 Å². The van der Waals surface area contributed by atoms with Gasteiger partial charge in [-0.25, -0.2) is 0 Å². The highest BCUT2D eigenvalue weighted by atomic mass is 16.6. The number of non-ortho nitro benzene ring substituents is 1. The molecule has 0 amide bonds. The zero-order valence-corrected chi connectivity index (χ0v) is 11.3. The molecule has 1 saturated heterocycles. The van der Waals surface area contributed by atoms with Crippen molar-refractivity contribution < 1.29 is 4.92 Å². The van der Waals surface area contributed by atoms with E-state index in [9.17, 15) is 10.1 Å². The summed E-state index contributed by atoms with van der Waals surface area (Å²) < 4.78 is 0. The molecule has 0 aromatic heterocycles. The van der Waals surface area contributed by atoms with Crippen molar-refractivity contribution in [3.05, 3.63) is 39.9 Å². The minimum atomic E-state index is -0.339. The van der Waals surface area contributed by atoms with Crippen LogP contribution in [0.4, 0.5) is 5.69 Å². The number of nitrogens with zero attached hydrogens (tertiary/aromatic N) is 2. The molecule has 2 rings (SSSR count). The van der Waals surface area contributed by atoms with E-state index in [-0.39, 0.29) is 10.6 Å². The number of piperidine rings is 1. The average molecular weight is 263 g/mol. The molecule has 1 N–H and O–H groups in total. The van der Waals surface area contributed by atoms with E-state index < -0.39 is 0 Å². The van der Waals surface area contributed by atoms with Gasteiger partial charge in [0.1, 0.15) is 0 Å². The molecular weight excluding hydrogens is 242 g/mol. The van der Waals surface area contributed by atoms with Gasteiger partial charge in [-0.1, -0.05) is 12.1 Å². The van der Waals surface area contributed by atoms with Crippen LogP contribution in [-0.4, -0.2) is 36.5 Å². The highest BCUT2D eigenvalue weighted by Gasteiger charge is 2.15. The Morgan fingerprint density at radius 1 is 1.53 bits per heavy atom. The lowest BCUT2D eigenvalue weighted by atomic mass is 9.99. The topological polar surface area (TPSA) is 58.4 Å². The first-order chi connectivity index (χ1) is 9.15. The fourth-order valence-corrected chi connectivity index (χ4v) is 2.67. The smallest absolute Gasteiger partial charge is 0.269 e. The van der Waals surface area contributed by atoms with Crippen molar-refractivity contribution in [2.24, 2.45) is 5.92 Å². The monoisotopic (exact) mass is 263 g/mol. The van der Waals surface area contributed by atoms with E-state index in [2.05, 4.69) is 17.3 Å². The van der Waals surface area contributed by atoms with Gasteiger partial charge in [0.2, 0.25) is 0 Å². The van der Waals surface area contributed by atoms with E-state index in [0.717, 1.165) is 31.7 Å². The predicted octanol–water partition coefficient (Wildman–Crippen LogP) is 2.03. The maximum absolute atomic E-state index is 10.7. The van der Waals surface area contributed by atoms with Crippen LogP contribution in [-0.2, 0) is 6.54 Å². The quantitative estimate of drug-likeness (QED) is 0.652. The molecule has 1 aliphatic heterocycles. The summed E-state index contributed by atoms with van der Waals surface area (Å²) in [5.41, 5.74) is 1.17. The molecule has 1 fully saturated rings. The highest BCUT2D eigenvalue weighted by Crippen LogP contribution is 2.16. The van der Waals surface area contributed by atoms with Crippen LogP contribution >= 0.6 is 0 Å². The standard InChI is InChI=1S/C14H21N3O2/c1-16(11-13-5-3-7-15-9-13)10-12-4-2-6-14(8-12)17(18)19/h2,4,6,8,13,15H,3,5,7,9-11H2,1H3. The maximum atomic E-state index is 10.7. The number of hydrogen-bond donors (Lipinski definition) is 1. The van der Waals surface area contributed by atoms with Gasteiger partial charge >= 0.3 is 0 Å². The van der Waals surface area contributed by atoms with E-state index in [1.165, 1.54) is 18.9 Å². The number of nitro groups is 1. The molecule has 5 nitrogen and oxygen atoms in total. The highest BCUT2D eigenvalue weighted by molar-refractivity contribution is 5.34. The van der Waals surface area contributed by atoms with Crippen molar-refractivity contribution in [3.63, 3.8) is 0 Å². The second kappa shape index (κ2) is 6.63. The molecule has 104 valence electrons. The van der Waals surface area contributed by atoms with Crippen LogP contribution in [0.5, 0.6) is 0 Å². The number of benzene rings is 1. The lowest BCUT2D eigenvalue weighted by Gasteiger charge is -2.27. The van der Waals surface area contributed by atoms with Gasteiger partial charge in [0.15, 0.2) is 0 Å². The first-order valence-corrected chi connectivity index (χ1v) is 6.78. The van der Waals surface area contributed by atoms with Crippen molar-refractivity contribution in [1.29, 1.82) is 0 Å². The van der Waals surface area contributed by atoms with Crippen LogP contribution in [0.1, 0.15) is 18.4 Å². The average Bonchev–Trinajstić information content (AvgIpc) is 2.40. The molecular formula is C14H21N3O2. The Labute approximate surface area is 113 Å². The Morgan fingerprint density at radius 2 is 2.37 bits per heavy atom. The summed E-state index contributed by atoms with van der Waals surface area (Å²) >= 11 is 0. The molecule has 0 aliphatic carbocycles. The van der Waals surface area contributed by atoms with E-state index in [1.807, 2.05) is 6.07 Å². The molecule has 19 heavy (non-hydrogen) atoms. The SMILES string of the molecule is CN(Cc1cccc([N+](=O)[O-])c1)CC1CCCNC1. The third kappa shape index (κ3) is 4.29. The largest absolute Gasteiger partial charge is 0.316 e. The lowest BCUT2D eigenvalue weighted by Crippen LogP contribution is -2.36. The summed E-state index contributed by atoms with van der Waals surface area (Å²) in [5, 5.41) is 14.2. The summed E-state index contributed by atoms with van der Waals surface area (Å²) in [5.74, 6) is 0.692. The van der Waals surface area contributed by atoms with Gasteiger partial charge in [-0.2, -0.15) is 0 Å². The van der Waals surface area contributed by atoms with Crippen molar-refractivity contribution in [2.45, 2.75) is 19.4 Å². The minimum absolute atomic E-state index is 0.172. The van der Waals surface area contributed by atoms with E-state index in [1.54, 1.807) is 12.1 Å². The Morgan fingerprint density at radius 3 is 3.05 bits per heavy atom. The summed E-state index contributed by atoms with van der Waals surface area (Å²) in [6.07, 6.45) is 2.52. The van der Waals surface area contributed by atoms with Crippen LogP contribution in [0.3, 0.4) is 0 Å². The van der Waals surface area contributed by atoms with Crippen LogP contribution in [0.2, 0.25) is 0 Å². The molecule has 0 bridgehead atoms. The molecule has 1 aromatic carbocycles. The zero-order chi connectivity index (χ0) is 13.7. The fraction of sp³-hybridized carbons (Fsp3) is 0.571. The van der Waals surface area contributed by atoms with Crippen LogP contribution in [0.25, 0.3) is 0 Å². The molecule has 0 saturated carbocycles. The second-order valence-corrected chi connectivity index (χ2v) is 5.34. The first kappa shape index (κ1) is 14.0. The van der Waals surface area contributed by atoms with E-state index in [4.69, 9.17) is 0 Å². The van der Waals surface area contributed by atoms with Gasteiger partial charge in [0.25, 0.3) is 5.69 Å². The summed E-state index contributed by atoms with van der Waals surface area (Å²) in [6, 6.07) is 6.90. The Bertz CT molecular complexity index is 430. The number of rotatable bonds is 5. The van der Waals surface area contributed by atoms with Crippen molar-refractivity contribution in [2.75, 3.05) is 26.7 Å². The molecule has 1 atom stereocenters. The van der Waals surface area contributed by atoms with Crippen LogP contribution in [0.15, 0.2) is 24.3 Å². The molecule has 1 unspecified atom stereocenters. The molecule has 0 radical (unpaired) electrons. The summed E-state index contributed by atoms with van der Waals surface area (Å²) in [6.45, 7) is 4.01. The van der Waals surface area contributed by atoms with Gasteiger partial charge in [0.05, 0.1) is 4.92 Å². The van der Waals surface area contributed by atoms with Crippen molar-refractivity contribution in [3.8, 4) is 0 Å². The minimum Gasteiger partial charge on any atom is -0.316 e. The molecule has 1 heterocycles. The fourth-order valence-electron chi connectivity index (χ4n) is 2.67. The van der Waals surface area contributed by atoms with Crippen molar-refractivity contribution in [1.82, 2.24) is 10.2 Å². The van der Waals surface area contributed by atoms with E-state index in [0.29, 0.717) is 5.92 Å². The first-order valence-electron chi connectivity index (χ1n) is 6.78. The van der Waals surface area contributed by atoms with Crippen molar-refractivity contribution >= 4 is 5.69 Å². The lowest BCUT2D eigenvalue weighted by molar-refractivity contribution is -0.384. The summed E-state index contributed by atoms with van der Waals surface area (Å²) in [4.78, 5) is 12.6. The number of nitro benzene ring substituents is 1. The maximum Gasteiger partial charge on any atom is 0.269 e. The van der Waals surface area contributed by atoms with Gasteiger partial charge in [-0.3, -0.25) is 10.1 Å². The normalized spacial score (nSPS) is 19.6. The molecule has 1 aliphatic rings. The zero-order valence-electron chi connectivity index (χ0n) is 11.3. The molecule has 0 spiro atoms. The Balaban J connectivity index is 1.88. The Hall–Kier alpha value is -1.46. The van der Waals surface area contributed by atoms with Gasteiger partial charge in [-0.15, -0.1) is 0 Å². The third-order valence-electron chi connectivity index (χ3n) is 3.54. The predicted molar refractivity (Wildman–Crippen MR) is 75.0 cm³/mol. The summed E-state index contributed by atoms with van der Waals surface area (Å²) in [7, 11) is 2.08. The van der Waals surface area contributed by atoms with E-state index >= 15 is 0 Å². The van der Waals surface area contributed by atoms with Gasteiger partial charge in [0, 0.05) is 25.2 Å². The second-order valence-electron chi connectivity index (χ2n) is 5.34. The third-order valence-corrected chi connectivity index (χ3v) is 3.54.